The SMILES string of the molecule is O=S(=O)(Nc1cc(Cl)c(Oc2cnc3ccccc3c2)c(Cl)c1)C1=CCC(Cl)C=C1Cl. The molecule has 0 saturated heterocycles. The number of fused-ring (bicyclic) bond motifs is 1. The fourth-order valence-corrected chi connectivity index (χ4v) is 5.57. The number of nitrogens with one attached hydrogen (secondary N) is 1. The smallest absolute Gasteiger partial charge is 0.263 e. The van der Waals surface area contributed by atoms with Gasteiger partial charge in [-0.2, -0.15) is 0 Å². The number of allylic oxidation sites excluding steroid dienone is 3. The average molecular weight is 516 g/mol. The molecule has 1 heterocycles. The number of sulfonamides is 1. The van der Waals surface area contributed by atoms with Crippen LogP contribution < -0.4 is 9.46 Å². The normalized spacial score (nSPS) is 16.6. The molecule has 1 N–H and O–H groups in total. The van der Waals surface area contributed by atoms with Crippen LogP contribution in [0.15, 0.2) is 70.8 Å². The number of benzene rings is 2. The number of ether oxygens (including phenoxy) is 1. The van der Waals surface area contributed by atoms with Gasteiger partial charge in [0.15, 0.2) is 5.75 Å². The van der Waals surface area contributed by atoms with E-state index in [0.29, 0.717) is 12.2 Å². The van der Waals surface area contributed by atoms with Crippen molar-refractivity contribution in [1.82, 2.24) is 4.98 Å². The second kappa shape index (κ2) is 8.88. The Balaban J connectivity index is 1.59. The molecule has 1 aromatic heterocycles. The van der Waals surface area contributed by atoms with E-state index in [-0.39, 0.29) is 36.8 Å². The second-order valence-corrected chi connectivity index (χ2v) is 10.1. The molecule has 160 valence electrons. The standard InChI is InChI=1S/C21H14Cl4N2O3S/c22-13-5-6-20(16(23)8-13)31(28,29)27-14-9-17(24)21(18(25)10-14)30-15-7-12-3-1-2-4-19(12)26-11-15/h1-4,6-11,13,27H,5H2. The lowest BCUT2D eigenvalue weighted by atomic mass is 10.2. The first-order valence-electron chi connectivity index (χ1n) is 8.99. The molecular weight excluding hydrogens is 502 g/mol. The summed E-state index contributed by atoms with van der Waals surface area (Å²) >= 11 is 24.7. The predicted octanol–water partition coefficient (Wildman–Crippen LogP) is 7.09. The zero-order chi connectivity index (χ0) is 22.2. The Bertz CT molecular complexity index is 1320. The Hall–Kier alpha value is -1.96. The third-order valence-corrected chi connectivity index (χ3v) is 7.19. The minimum Gasteiger partial charge on any atom is -0.453 e. The number of pyridine rings is 1. The van der Waals surface area contributed by atoms with Crippen LogP contribution in [-0.2, 0) is 10.0 Å². The number of nitrogens with zero attached hydrogens (tertiary/aromatic N) is 1. The van der Waals surface area contributed by atoms with Crippen LogP contribution in [0.5, 0.6) is 11.5 Å². The number of para-hydroxylation sites is 1. The maximum Gasteiger partial charge on any atom is 0.263 e. The predicted molar refractivity (Wildman–Crippen MR) is 127 cm³/mol. The number of rotatable bonds is 5. The highest BCUT2D eigenvalue weighted by Gasteiger charge is 2.25. The summed E-state index contributed by atoms with van der Waals surface area (Å²) in [6.07, 6.45) is 4.85. The van der Waals surface area contributed by atoms with Crippen LogP contribution in [0.1, 0.15) is 6.42 Å². The van der Waals surface area contributed by atoms with Crippen molar-refractivity contribution in [3.05, 3.63) is 80.8 Å². The van der Waals surface area contributed by atoms with E-state index in [1.165, 1.54) is 24.3 Å². The van der Waals surface area contributed by atoms with Crippen molar-refractivity contribution in [3.8, 4) is 11.5 Å². The van der Waals surface area contributed by atoms with Crippen molar-refractivity contribution in [2.75, 3.05) is 4.72 Å². The van der Waals surface area contributed by atoms with Gasteiger partial charge in [0.1, 0.15) is 10.7 Å². The molecule has 0 radical (unpaired) electrons. The number of anilines is 1. The van der Waals surface area contributed by atoms with Crippen molar-refractivity contribution in [2.24, 2.45) is 0 Å². The molecule has 0 bridgehead atoms. The highest BCUT2D eigenvalue weighted by atomic mass is 35.5. The molecule has 4 rings (SSSR count). The van der Waals surface area contributed by atoms with Gasteiger partial charge in [-0.05, 0) is 36.8 Å². The molecule has 0 amide bonds. The third kappa shape index (κ3) is 4.94. The van der Waals surface area contributed by atoms with Crippen molar-refractivity contribution in [2.45, 2.75) is 11.8 Å². The van der Waals surface area contributed by atoms with E-state index >= 15 is 0 Å². The van der Waals surface area contributed by atoms with Crippen molar-refractivity contribution < 1.29 is 13.2 Å². The molecule has 2 aromatic carbocycles. The summed E-state index contributed by atoms with van der Waals surface area (Å²) < 4.78 is 33.7. The van der Waals surface area contributed by atoms with E-state index in [0.717, 1.165) is 10.9 Å². The monoisotopic (exact) mass is 514 g/mol. The van der Waals surface area contributed by atoms with Gasteiger partial charge in [-0.25, -0.2) is 8.42 Å². The van der Waals surface area contributed by atoms with Crippen molar-refractivity contribution >= 4 is 73.0 Å². The van der Waals surface area contributed by atoms with Crippen molar-refractivity contribution in [1.29, 1.82) is 0 Å². The second-order valence-electron chi connectivity index (χ2n) is 6.67. The van der Waals surface area contributed by atoms with Crippen LogP contribution >= 0.6 is 46.4 Å². The Morgan fingerprint density at radius 3 is 2.48 bits per heavy atom. The number of aromatic nitrogens is 1. The van der Waals surface area contributed by atoms with Crippen LogP contribution in [0.3, 0.4) is 0 Å². The highest BCUT2D eigenvalue weighted by molar-refractivity contribution is 7.96. The molecule has 1 unspecified atom stereocenters. The summed E-state index contributed by atoms with van der Waals surface area (Å²) in [6.45, 7) is 0. The summed E-state index contributed by atoms with van der Waals surface area (Å²) in [6, 6.07) is 12.2. The maximum atomic E-state index is 12.7. The van der Waals surface area contributed by atoms with E-state index in [1.54, 1.807) is 12.3 Å². The van der Waals surface area contributed by atoms with Crippen LogP contribution in [-0.4, -0.2) is 18.8 Å². The number of halogens is 4. The highest BCUT2D eigenvalue weighted by Crippen LogP contribution is 2.40. The van der Waals surface area contributed by atoms with Gasteiger partial charge >= 0.3 is 0 Å². The minimum atomic E-state index is -3.95. The summed E-state index contributed by atoms with van der Waals surface area (Å²) in [7, 11) is -3.95. The Kier molecular flexibility index (Phi) is 6.37. The summed E-state index contributed by atoms with van der Waals surface area (Å²) in [5.74, 6) is 0.624. The molecule has 1 aliphatic rings. The van der Waals surface area contributed by atoms with Gasteiger partial charge in [0.2, 0.25) is 0 Å². The molecule has 31 heavy (non-hydrogen) atoms. The molecule has 1 aliphatic carbocycles. The summed E-state index contributed by atoms with van der Waals surface area (Å²) in [4.78, 5) is 4.28. The number of hydrogen-bond acceptors (Lipinski definition) is 4. The molecule has 0 spiro atoms. The lowest BCUT2D eigenvalue weighted by Gasteiger charge is -2.17. The third-order valence-electron chi connectivity index (χ3n) is 4.42. The maximum absolute atomic E-state index is 12.7. The molecule has 10 heteroatoms. The van der Waals surface area contributed by atoms with Crippen LogP contribution in [0.4, 0.5) is 5.69 Å². The Morgan fingerprint density at radius 1 is 1.06 bits per heavy atom. The van der Waals surface area contributed by atoms with Crippen molar-refractivity contribution in [3.63, 3.8) is 0 Å². The molecule has 3 aromatic rings. The summed E-state index contributed by atoms with van der Waals surface area (Å²) in [5.41, 5.74) is 0.986. The van der Waals surface area contributed by atoms with Gasteiger partial charge in [-0.15, -0.1) is 11.6 Å². The first-order chi connectivity index (χ1) is 14.7. The zero-order valence-electron chi connectivity index (χ0n) is 15.7. The Morgan fingerprint density at radius 2 is 1.77 bits per heavy atom. The van der Waals surface area contributed by atoms with E-state index in [2.05, 4.69) is 9.71 Å². The first kappa shape index (κ1) is 22.2. The van der Waals surface area contributed by atoms with E-state index in [4.69, 9.17) is 51.1 Å². The lowest BCUT2D eigenvalue weighted by molar-refractivity contribution is 0.482. The largest absolute Gasteiger partial charge is 0.453 e. The van der Waals surface area contributed by atoms with Gasteiger partial charge in [0.25, 0.3) is 10.0 Å². The Labute approximate surface area is 199 Å². The zero-order valence-corrected chi connectivity index (χ0v) is 19.5. The molecule has 0 aliphatic heterocycles. The van der Waals surface area contributed by atoms with Crippen LogP contribution in [0.25, 0.3) is 10.9 Å². The van der Waals surface area contributed by atoms with Gasteiger partial charge in [-0.3, -0.25) is 9.71 Å². The number of alkyl halides is 1. The molecular formula is C21H14Cl4N2O3S. The fraction of sp³-hybridized carbons (Fsp3) is 0.0952. The first-order valence-corrected chi connectivity index (χ1v) is 12.0. The van der Waals surface area contributed by atoms with Gasteiger partial charge in [-0.1, -0.05) is 59.1 Å². The topological polar surface area (TPSA) is 68.3 Å². The van der Waals surface area contributed by atoms with E-state index in [9.17, 15) is 8.42 Å². The minimum absolute atomic E-state index is 0.0547. The van der Waals surface area contributed by atoms with Gasteiger partial charge < -0.3 is 4.74 Å². The molecule has 1 atom stereocenters. The van der Waals surface area contributed by atoms with Crippen LogP contribution in [0.2, 0.25) is 10.0 Å². The van der Waals surface area contributed by atoms with Crippen LogP contribution in [0, 0.1) is 0 Å². The van der Waals surface area contributed by atoms with Gasteiger partial charge in [0, 0.05) is 5.39 Å². The number of hydrogen-bond donors (Lipinski definition) is 1. The lowest BCUT2D eigenvalue weighted by Crippen LogP contribution is -2.18. The van der Waals surface area contributed by atoms with Gasteiger partial charge in [0.05, 0.1) is 37.9 Å². The molecule has 5 nitrogen and oxygen atoms in total. The molecule has 0 saturated carbocycles. The quantitative estimate of drug-likeness (QED) is 0.368. The van der Waals surface area contributed by atoms with E-state index < -0.39 is 10.0 Å². The summed E-state index contributed by atoms with van der Waals surface area (Å²) in [5, 5.41) is 0.842. The fourth-order valence-electron chi connectivity index (χ4n) is 3.02. The average Bonchev–Trinajstić information content (AvgIpc) is 2.70. The van der Waals surface area contributed by atoms with E-state index in [1.807, 2.05) is 24.3 Å². The molecule has 0 fully saturated rings.